The minimum atomic E-state index is -0.465. The first kappa shape index (κ1) is 15.8. The molecule has 5 heteroatoms. The number of hydrogen-bond acceptors (Lipinski definition) is 4. The highest BCUT2D eigenvalue weighted by Gasteiger charge is 2.70. The molecule has 2 aliphatic carbocycles. The van der Waals surface area contributed by atoms with Gasteiger partial charge >= 0.3 is 5.97 Å². The van der Waals surface area contributed by atoms with E-state index in [0.717, 1.165) is 25.7 Å². The van der Waals surface area contributed by atoms with Gasteiger partial charge in [-0.3, -0.25) is 4.79 Å². The number of esters is 1. The SMILES string of the molecule is COC(=O)[C@@H]1C2C(CN1C(=O)[C@@H](N)C1CCCCC1)C2(C)C. The van der Waals surface area contributed by atoms with Crippen molar-refractivity contribution in [1.29, 1.82) is 0 Å². The van der Waals surface area contributed by atoms with Gasteiger partial charge in [0.25, 0.3) is 0 Å². The van der Waals surface area contributed by atoms with Gasteiger partial charge in [-0.15, -0.1) is 0 Å². The van der Waals surface area contributed by atoms with Crippen LogP contribution in [0, 0.1) is 23.2 Å². The van der Waals surface area contributed by atoms with Crippen LogP contribution in [-0.4, -0.2) is 42.5 Å². The van der Waals surface area contributed by atoms with Gasteiger partial charge in [0.1, 0.15) is 6.04 Å². The van der Waals surface area contributed by atoms with Gasteiger partial charge in [-0.05, 0) is 30.1 Å². The number of carbonyl (C=O) groups excluding carboxylic acids is 2. The van der Waals surface area contributed by atoms with Gasteiger partial charge in [0.15, 0.2) is 0 Å². The number of piperidine rings is 1. The molecule has 124 valence electrons. The summed E-state index contributed by atoms with van der Waals surface area (Å²) in [5, 5.41) is 0. The first-order valence-electron chi connectivity index (χ1n) is 8.53. The molecule has 22 heavy (non-hydrogen) atoms. The van der Waals surface area contributed by atoms with Crippen molar-refractivity contribution in [2.75, 3.05) is 13.7 Å². The third-order valence-corrected chi connectivity index (χ3v) is 6.38. The number of ether oxygens (including phenoxy) is 1. The molecule has 0 aromatic heterocycles. The summed E-state index contributed by atoms with van der Waals surface area (Å²) in [4.78, 5) is 26.8. The van der Waals surface area contributed by atoms with E-state index in [9.17, 15) is 9.59 Å². The Labute approximate surface area is 132 Å². The number of likely N-dealkylation sites (tertiary alicyclic amines) is 1. The molecule has 1 saturated heterocycles. The van der Waals surface area contributed by atoms with Crippen LogP contribution >= 0.6 is 0 Å². The van der Waals surface area contributed by atoms with E-state index >= 15 is 0 Å². The monoisotopic (exact) mass is 308 g/mol. The molecule has 0 aromatic rings. The van der Waals surface area contributed by atoms with Crippen LogP contribution in [-0.2, 0) is 14.3 Å². The quantitative estimate of drug-likeness (QED) is 0.803. The molecule has 5 nitrogen and oxygen atoms in total. The van der Waals surface area contributed by atoms with Crippen molar-refractivity contribution >= 4 is 11.9 Å². The minimum absolute atomic E-state index is 0.0506. The average molecular weight is 308 g/mol. The summed E-state index contributed by atoms with van der Waals surface area (Å²) in [5.41, 5.74) is 6.39. The zero-order chi connectivity index (χ0) is 16.1. The highest BCUT2D eigenvalue weighted by molar-refractivity contribution is 5.89. The lowest BCUT2D eigenvalue weighted by Gasteiger charge is -2.34. The van der Waals surface area contributed by atoms with Crippen molar-refractivity contribution in [2.45, 2.75) is 58.0 Å². The zero-order valence-electron chi connectivity index (χ0n) is 13.9. The fraction of sp³-hybridized carbons (Fsp3) is 0.882. The number of amides is 1. The van der Waals surface area contributed by atoms with Crippen molar-refractivity contribution in [3.63, 3.8) is 0 Å². The number of nitrogens with two attached hydrogens (primary N) is 1. The summed E-state index contributed by atoms with van der Waals surface area (Å²) < 4.78 is 4.96. The Morgan fingerprint density at radius 3 is 2.45 bits per heavy atom. The topological polar surface area (TPSA) is 72.6 Å². The van der Waals surface area contributed by atoms with Gasteiger partial charge in [0, 0.05) is 12.5 Å². The molecular weight excluding hydrogens is 280 g/mol. The van der Waals surface area contributed by atoms with Crippen LogP contribution in [0.5, 0.6) is 0 Å². The lowest BCUT2D eigenvalue weighted by molar-refractivity contribution is -0.154. The predicted octanol–water partition coefficient (Wildman–Crippen LogP) is 1.55. The largest absolute Gasteiger partial charge is 0.467 e. The summed E-state index contributed by atoms with van der Waals surface area (Å²) in [6.07, 6.45) is 5.61. The molecule has 3 rings (SSSR count). The minimum Gasteiger partial charge on any atom is -0.467 e. The van der Waals surface area contributed by atoms with E-state index in [-0.39, 0.29) is 29.1 Å². The molecule has 3 aliphatic rings. The van der Waals surface area contributed by atoms with Crippen molar-refractivity contribution in [3.8, 4) is 0 Å². The maximum atomic E-state index is 12.8. The third kappa shape index (κ3) is 2.34. The maximum Gasteiger partial charge on any atom is 0.328 e. The number of methoxy groups -OCH3 is 1. The Morgan fingerprint density at radius 1 is 1.23 bits per heavy atom. The Bertz CT molecular complexity index is 471. The molecule has 0 spiro atoms. The molecule has 2 saturated carbocycles. The Balaban J connectivity index is 1.73. The molecular formula is C17H28N2O3. The second-order valence-corrected chi connectivity index (χ2v) is 7.84. The Hall–Kier alpha value is -1.10. The zero-order valence-corrected chi connectivity index (χ0v) is 13.9. The number of rotatable bonds is 3. The molecule has 1 heterocycles. The Morgan fingerprint density at radius 2 is 1.86 bits per heavy atom. The van der Waals surface area contributed by atoms with E-state index < -0.39 is 12.1 Å². The van der Waals surface area contributed by atoms with Crippen molar-refractivity contribution < 1.29 is 14.3 Å². The van der Waals surface area contributed by atoms with Crippen molar-refractivity contribution in [3.05, 3.63) is 0 Å². The fourth-order valence-corrected chi connectivity index (χ4v) is 4.79. The molecule has 1 amide bonds. The Kier molecular flexibility index (Phi) is 3.96. The predicted molar refractivity (Wildman–Crippen MR) is 82.8 cm³/mol. The van der Waals surface area contributed by atoms with E-state index in [0.29, 0.717) is 12.5 Å². The van der Waals surface area contributed by atoms with E-state index in [1.54, 1.807) is 4.90 Å². The number of fused-ring (bicyclic) bond motifs is 1. The normalized spacial score (nSPS) is 34.9. The van der Waals surface area contributed by atoms with Gasteiger partial charge in [-0.2, -0.15) is 0 Å². The van der Waals surface area contributed by atoms with E-state index in [1.165, 1.54) is 13.5 Å². The molecule has 2 N–H and O–H groups in total. The summed E-state index contributed by atoms with van der Waals surface area (Å²) in [7, 11) is 1.40. The summed E-state index contributed by atoms with van der Waals surface area (Å²) in [6, 6.07) is -0.903. The molecule has 1 aliphatic heterocycles. The number of hydrogen-bond donors (Lipinski definition) is 1. The lowest BCUT2D eigenvalue weighted by Crippen LogP contribution is -2.54. The van der Waals surface area contributed by atoms with Crippen molar-refractivity contribution in [1.82, 2.24) is 4.90 Å². The van der Waals surface area contributed by atoms with Gasteiger partial charge in [-0.1, -0.05) is 33.1 Å². The van der Waals surface area contributed by atoms with E-state index in [4.69, 9.17) is 10.5 Å². The number of nitrogens with zero attached hydrogens (tertiary/aromatic N) is 1. The van der Waals surface area contributed by atoms with Gasteiger partial charge < -0.3 is 15.4 Å². The van der Waals surface area contributed by atoms with Crippen LogP contribution in [0.3, 0.4) is 0 Å². The second-order valence-electron chi connectivity index (χ2n) is 7.84. The van der Waals surface area contributed by atoms with Crippen LogP contribution in [0.2, 0.25) is 0 Å². The number of carbonyl (C=O) groups is 2. The van der Waals surface area contributed by atoms with Crippen LogP contribution in [0.4, 0.5) is 0 Å². The summed E-state index contributed by atoms with van der Waals surface area (Å²) >= 11 is 0. The van der Waals surface area contributed by atoms with Gasteiger partial charge in [-0.25, -0.2) is 4.79 Å². The smallest absolute Gasteiger partial charge is 0.328 e. The first-order chi connectivity index (χ1) is 10.4. The summed E-state index contributed by atoms with van der Waals surface area (Å²) in [5.74, 6) is 0.554. The third-order valence-electron chi connectivity index (χ3n) is 6.38. The highest BCUT2D eigenvalue weighted by Crippen LogP contribution is 2.65. The van der Waals surface area contributed by atoms with Crippen molar-refractivity contribution in [2.24, 2.45) is 28.9 Å². The van der Waals surface area contributed by atoms with Crippen LogP contribution in [0.25, 0.3) is 0 Å². The summed E-state index contributed by atoms with van der Waals surface area (Å²) in [6.45, 7) is 4.99. The molecule has 4 atom stereocenters. The van der Waals surface area contributed by atoms with Crippen LogP contribution in [0.15, 0.2) is 0 Å². The maximum absolute atomic E-state index is 12.8. The van der Waals surface area contributed by atoms with E-state index in [2.05, 4.69) is 13.8 Å². The fourth-order valence-electron chi connectivity index (χ4n) is 4.79. The molecule has 0 aromatic carbocycles. The lowest BCUT2D eigenvalue weighted by atomic mass is 9.83. The standard InChI is InChI=1S/C17H28N2O3/c1-17(2)11-9-19(14(12(11)17)16(21)22-3)15(20)13(18)10-7-5-4-6-8-10/h10-14H,4-9,18H2,1-3H3/t11?,12?,13-,14-/m0/s1. The molecule has 3 fully saturated rings. The van der Waals surface area contributed by atoms with Crippen LogP contribution < -0.4 is 5.73 Å². The van der Waals surface area contributed by atoms with Gasteiger partial charge in [0.2, 0.25) is 5.91 Å². The van der Waals surface area contributed by atoms with Crippen LogP contribution in [0.1, 0.15) is 46.0 Å². The first-order valence-corrected chi connectivity index (χ1v) is 8.53. The highest BCUT2D eigenvalue weighted by atomic mass is 16.5. The molecule has 0 bridgehead atoms. The van der Waals surface area contributed by atoms with E-state index in [1.807, 2.05) is 0 Å². The molecule has 2 unspecified atom stereocenters. The van der Waals surface area contributed by atoms with Gasteiger partial charge in [0.05, 0.1) is 13.2 Å². The average Bonchev–Trinajstić information content (AvgIpc) is 2.90. The molecule has 0 radical (unpaired) electrons. The second kappa shape index (κ2) is 5.52.